The van der Waals surface area contributed by atoms with Crippen molar-refractivity contribution in [1.82, 2.24) is 0 Å². The van der Waals surface area contributed by atoms with E-state index in [1.807, 2.05) is 0 Å². The van der Waals surface area contributed by atoms with E-state index in [-0.39, 0.29) is 0 Å². The van der Waals surface area contributed by atoms with Gasteiger partial charge in [0.25, 0.3) is 0 Å². The summed E-state index contributed by atoms with van der Waals surface area (Å²) < 4.78 is 5.43. The third-order valence-corrected chi connectivity index (χ3v) is 4.15. The molecule has 1 aromatic rings. The molecule has 0 aromatic heterocycles. The first-order chi connectivity index (χ1) is 7.90. The lowest BCUT2D eigenvalue weighted by Crippen LogP contribution is -2.27. The second-order valence-electron chi connectivity index (χ2n) is 4.94. The van der Waals surface area contributed by atoms with Gasteiger partial charge >= 0.3 is 0 Å². The Morgan fingerprint density at radius 3 is 2.81 bits per heavy atom. The van der Waals surface area contributed by atoms with Gasteiger partial charge in [0.1, 0.15) is 5.75 Å². The highest BCUT2D eigenvalue weighted by molar-refractivity contribution is 5.64. The summed E-state index contributed by atoms with van der Waals surface area (Å²) in [4.78, 5) is 0. The Kier molecular flexibility index (Phi) is 2.50. The van der Waals surface area contributed by atoms with Crippen LogP contribution in [0.25, 0.3) is 0 Å². The van der Waals surface area contributed by atoms with E-state index in [4.69, 9.17) is 4.74 Å². The summed E-state index contributed by atoms with van der Waals surface area (Å²) in [5.74, 6) is 2.69. The molecule has 1 aliphatic carbocycles. The van der Waals surface area contributed by atoms with Gasteiger partial charge in [-0.25, -0.2) is 0 Å². The van der Waals surface area contributed by atoms with Crippen molar-refractivity contribution in [1.29, 1.82) is 0 Å². The van der Waals surface area contributed by atoms with E-state index >= 15 is 0 Å². The Labute approximate surface area is 97.0 Å². The van der Waals surface area contributed by atoms with Gasteiger partial charge in [0.05, 0.1) is 12.8 Å². The molecule has 2 aliphatic rings. The molecule has 1 N–H and O–H groups in total. The molecule has 1 fully saturated rings. The van der Waals surface area contributed by atoms with Crippen molar-refractivity contribution in [3.8, 4) is 5.75 Å². The SMILES string of the molecule is COc1cccc2c1NCCC2C1CCC1. The van der Waals surface area contributed by atoms with Crippen molar-refractivity contribution in [3.05, 3.63) is 23.8 Å². The Balaban J connectivity index is 1.97. The summed E-state index contributed by atoms with van der Waals surface area (Å²) in [6, 6.07) is 6.44. The molecule has 1 aromatic carbocycles. The molecule has 2 nitrogen and oxygen atoms in total. The van der Waals surface area contributed by atoms with E-state index in [2.05, 4.69) is 23.5 Å². The number of methoxy groups -OCH3 is 1. The van der Waals surface area contributed by atoms with Crippen LogP contribution >= 0.6 is 0 Å². The molecule has 0 amide bonds. The van der Waals surface area contributed by atoms with Crippen LogP contribution in [-0.2, 0) is 0 Å². The van der Waals surface area contributed by atoms with Crippen LogP contribution in [0.4, 0.5) is 5.69 Å². The second-order valence-corrected chi connectivity index (χ2v) is 4.94. The first kappa shape index (κ1) is 10.0. The van der Waals surface area contributed by atoms with E-state index in [9.17, 15) is 0 Å². The minimum Gasteiger partial charge on any atom is -0.495 e. The fraction of sp³-hybridized carbons (Fsp3) is 0.571. The van der Waals surface area contributed by atoms with Gasteiger partial charge in [-0.15, -0.1) is 0 Å². The zero-order valence-corrected chi connectivity index (χ0v) is 9.83. The number of fused-ring (bicyclic) bond motifs is 1. The average Bonchev–Trinajstić information content (AvgIpc) is 2.26. The van der Waals surface area contributed by atoms with Crippen molar-refractivity contribution < 1.29 is 4.74 Å². The third-order valence-electron chi connectivity index (χ3n) is 4.15. The molecule has 2 heteroatoms. The first-order valence-electron chi connectivity index (χ1n) is 6.31. The van der Waals surface area contributed by atoms with Gasteiger partial charge in [-0.3, -0.25) is 0 Å². The van der Waals surface area contributed by atoms with E-state index in [0.717, 1.165) is 24.1 Å². The fourth-order valence-electron chi connectivity index (χ4n) is 3.06. The van der Waals surface area contributed by atoms with Gasteiger partial charge < -0.3 is 10.1 Å². The maximum absolute atomic E-state index is 5.43. The number of hydrogen-bond donors (Lipinski definition) is 1. The van der Waals surface area contributed by atoms with E-state index in [1.54, 1.807) is 7.11 Å². The summed E-state index contributed by atoms with van der Waals surface area (Å²) in [5, 5.41) is 3.49. The Morgan fingerprint density at radius 1 is 1.25 bits per heavy atom. The quantitative estimate of drug-likeness (QED) is 0.819. The number of benzene rings is 1. The normalized spacial score (nSPS) is 24.2. The Bertz CT molecular complexity index is 384. The number of ether oxygens (including phenoxy) is 1. The van der Waals surface area contributed by atoms with Crippen LogP contribution < -0.4 is 10.1 Å². The molecule has 0 radical (unpaired) electrons. The number of anilines is 1. The van der Waals surface area contributed by atoms with Crippen molar-refractivity contribution in [2.24, 2.45) is 5.92 Å². The Morgan fingerprint density at radius 2 is 2.12 bits per heavy atom. The molecule has 1 atom stereocenters. The second kappa shape index (κ2) is 4.00. The molecule has 1 aliphatic heterocycles. The molecular weight excluding hydrogens is 198 g/mol. The highest BCUT2D eigenvalue weighted by Crippen LogP contribution is 2.47. The van der Waals surface area contributed by atoms with Gasteiger partial charge in [-0.05, 0) is 42.7 Å². The number of para-hydroxylation sites is 1. The molecule has 16 heavy (non-hydrogen) atoms. The minimum atomic E-state index is 0.764. The lowest BCUT2D eigenvalue weighted by molar-refractivity contribution is 0.251. The maximum Gasteiger partial charge on any atom is 0.142 e. The topological polar surface area (TPSA) is 21.3 Å². The molecular formula is C14H19NO. The number of nitrogens with one attached hydrogen (secondary N) is 1. The summed E-state index contributed by atoms with van der Waals surface area (Å²) in [7, 11) is 1.75. The smallest absolute Gasteiger partial charge is 0.142 e. The Hall–Kier alpha value is -1.18. The molecule has 1 saturated carbocycles. The largest absolute Gasteiger partial charge is 0.495 e. The molecule has 0 bridgehead atoms. The predicted octanol–water partition coefficient (Wildman–Crippen LogP) is 3.39. The lowest BCUT2D eigenvalue weighted by Gasteiger charge is -2.38. The molecule has 86 valence electrons. The summed E-state index contributed by atoms with van der Waals surface area (Å²) >= 11 is 0. The van der Waals surface area contributed by atoms with Gasteiger partial charge in [0.2, 0.25) is 0 Å². The van der Waals surface area contributed by atoms with Crippen molar-refractivity contribution in [2.45, 2.75) is 31.6 Å². The zero-order chi connectivity index (χ0) is 11.0. The van der Waals surface area contributed by atoms with Crippen LogP contribution in [0.2, 0.25) is 0 Å². The maximum atomic E-state index is 5.43. The number of rotatable bonds is 2. The molecule has 3 rings (SSSR count). The van der Waals surface area contributed by atoms with E-state index in [1.165, 1.54) is 36.9 Å². The summed E-state index contributed by atoms with van der Waals surface area (Å²) in [6.45, 7) is 1.09. The van der Waals surface area contributed by atoms with Crippen LogP contribution in [0.5, 0.6) is 5.75 Å². The van der Waals surface area contributed by atoms with Crippen LogP contribution in [0.1, 0.15) is 37.2 Å². The van der Waals surface area contributed by atoms with Crippen LogP contribution in [0.15, 0.2) is 18.2 Å². The summed E-state index contributed by atoms with van der Waals surface area (Å²) in [6.07, 6.45) is 5.54. The average molecular weight is 217 g/mol. The van der Waals surface area contributed by atoms with Gasteiger partial charge in [0.15, 0.2) is 0 Å². The molecule has 1 heterocycles. The highest BCUT2D eigenvalue weighted by Gasteiger charge is 2.32. The van der Waals surface area contributed by atoms with E-state index < -0.39 is 0 Å². The highest BCUT2D eigenvalue weighted by atomic mass is 16.5. The van der Waals surface area contributed by atoms with Crippen LogP contribution in [0, 0.1) is 5.92 Å². The van der Waals surface area contributed by atoms with E-state index in [0.29, 0.717) is 0 Å². The molecule has 1 unspecified atom stereocenters. The zero-order valence-electron chi connectivity index (χ0n) is 9.83. The van der Waals surface area contributed by atoms with Crippen molar-refractivity contribution in [3.63, 3.8) is 0 Å². The molecule has 0 saturated heterocycles. The van der Waals surface area contributed by atoms with Gasteiger partial charge in [-0.2, -0.15) is 0 Å². The lowest BCUT2D eigenvalue weighted by atomic mass is 9.70. The predicted molar refractivity (Wildman–Crippen MR) is 66.2 cm³/mol. The van der Waals surface area contributed by atoms with Crippen molar-refractivity contribution >= 4 is 5.69 Å². The fourth-order valence-corrected chi connectivity index (χ4v) is 3.06. The standard InChI is InChI=1S/C14H19NO/c1-16-13-7-3-6-12-11(10-4-2-5-10)8-9-15-14(12)13/h3,6-7,10-11,15H,2,4-5,8-9H2,1H3. The minimum absolute atomic E-state index is 0.764. The third kappa shape index (κ3) is 1.48. The molecule has 0 spiro atoms. The monoisotopic (exact) mass is 217 g/mol. The first-order valence-corrected chi connectivity index (χ1v) is 6.31. The van der Waals surface area contributed by atoms with Crippen LogP contribution in [0.3, 0.4) is 0 Å². The summed E-state index contributed by atoms with van der Waals surface area (Å²) in [5.41, 5.74) is 2.73. The van der Waals surface area contributed by atoms with Gasteiger partial charge in [-0.1, -0.05) is 18.6 Å². The van der Waals surface area contributed by atoms with Crippen molar-refractivity contribution in [2.75, 3.05) is 19.0 Å². The van der Waals surface area contributed by atoms with Gasteiger partial charge in [0, 0.05) is 6.54 Å². The van der Waals surface area contributed by atoms with Crippen LogP contribution in [-0.4, -0.2) is 13.7 Å². The number of hydrogen-bond acceptors (Lipinski definition) is 2.